The van der Waals surface area contributed by atoms with Gasteiger partial charge < -0.3 is 4.74 Å². The van der Waals surface area contributed by atoms with Gasteiger partial charge in [0.1, 0.15) is 0 Å². The van der Waals surface area contributed by atoms with Crippen LogP contribution in [0.2, 0.25) is 0 Å². The Bertz CT molecular complexity index is 308. The van der Waals surface area contributed by atoms with Crippen LogP contribution in [-0.4, -0.2) is 18.9 Å². The van der Waals surface area contributed by atoms with E-state index in [1.165, 1.54) is 12.7 Å². The van der Waals surface area contributed by atoms with Crippen molar-refractivity contribution in [3.8, 4) is 0 Å². The van der Waals surface area contributed by atoms with E-state index in [2.05, 4.69) is 24.7 Å². The van der Waals surface area contributed by atoms with Crippen molar-refractivity contribution in [2.24, 2.45) is 0 Å². The maximum Gasteiger partial charge on any atom is 0.305 e. The Balaban J connectivity index is 0. The number of rotatable bonds is 5. The van der Waals surface area contributed by atoms with Crippen LogP contribution in [0.3, 0.4) is 0 Å². The lowest BCUT2D eigenvalue weighted by molar-refractivity contribution is -0.140. The molecule has 104 valence electrons. The largest absolute Gasteiger partial charge is 0.469 e. The molecule has 0 aliphatic rings. The van der Waals surface area contributed by atoms with Gasteiger partial charge in [-0.05, 0) is 46.6 Å². The highest BCUT2D eigenvalue weighted by Gasteiger charge is 2.05. The molecule has 0 N–H and O–H groups in total. The molecule has 0 heterocycles. The van der Waals surface area contributed by atoms with Crippen LogP contribution in [-0.2, 0) is 14.3 Å². The summed E-state index contributed by atoms with van der Waals surface area (Å²) in [6, 6.07) is 0. The zero-order valence-corrected chi connectivity index (χ0v) is 12.5. The molecule has 0 aliphatic carbocycles. The number of ketones is 1. The van der Waals surface area contributed by atoms with Crippen molar-refractivity contribution >= 4 is 11.8 Å². The first-order chi connectivity index (χ1) is 8.38. The molecule has 0 fully saturated rings. The molecule has 0 amide bonds. The van der Waals surface area contributed by atoms with Gasteiger partial charge in [0.05, 0.1) is 7.11 Å². The second-order valence-corrected chi connectivity index (χ2v) is 4.19. The summed E-state index contributed by atoms with van der Waals surface area (Å²) in [5, 5.41) is 0. The molecule has 3 nitrogen and oxygen atoms in total. The Morgan fingerprint density at radius 3 is 1.83 bits per heavy atom. The minimum atomic E-state index is -0.258. The first kappa shape index (κ1) is 19.0. The van der Waals surface area contributed by atoms with Crippen molar-refractivity contribution in [1.29, 1.82) is 0 Å². The highest BCUT2D eigenvalue weighted by atomic mass is 16.5. The Kier molecular flexibility index (Phi) is 12.7. The molecule has 0 aliphatic heterocycles. The molecule has 0 aromatic carbocycles. The standard InChI is InChI=1S/C10H16O3.C5H10/c1-4-8(2)9(11)6-5-7-10(12)13-3;1-4-5(2)3/h4H,5-7H2,1-3H3;4H,1-3H3/b8-4+;. The van der Waals surface area contributed by atoms with Crippen molar-refractivity contribution in [1.82, 2.24) is 0 Å². The smallest absolute Gasteiger partial charge is 0.305 e. The molecule has 0 bridgehead atoms. The molecule has 0 spiro atoms. The average molecular weight is 254 g/mol. The lowest BCUT2D eigenvalue weighted by atomic mass is 10.1. The molecule has 0 atom stereocenters. The van der Waals surface area contributed by atoms with E-state index in [0.717, 1.165) is 5.57 Å². The highest BCUT2D eigenvalue weighted by Crippen LogP contribution is 2.04. The van der Waals surface area contributed by atoms with E-state index < -0.39 is 0 Å². The Hall–Kier alpha value is -1.38. The number of ether oxygens (including phenoxy) is 1. The van der Waals surface area contributed by atoms with Crippen LogP contribution in [0.4, 0.5) is 0 Å². The van der Waals surface area contributed by atoms with Gasteiger partial charge in [-0.3, -0.25) is 9.59 Å². The van der Waals surface area contributed by atoms with Gasteiger partial charge in [-0.15, -0.1) is 0 Å². The number of hydrogen-bond donors (Lipinski definition) is 0. The number of carbonyl (C=O) groups is 2. The highest BCUT2D eigenvalue weighted by molar-refractivity contribution is 5.94. The average Bonchev–Trinajstić information content (AvgIpc) is 2.37. The van der Waals surface area contributed by atoms with Crippen molar-refractivity contribution in [2.75, 3.05) is 7.11 Å². The Morgan fingerprint density at radius 1 is 1.00 bits per heavy atom. The van der Waals surface area contributed by atoms with Crippen molar-refractivity contribution in [2.45, 2.75) is 53.9 Å². The summed E-state index contributed by atoms with van der Waals surface area (Å²) in [4.78, 5) is 21.9. The summed E-state index contributed by atoms with van der Waals surface area (Å²) in [7, 11) is 1.35. The van der Waals surface area contributed by atoms with Crippen molar-refractivity contribution in [3.63, 3.8) is 0 Å². The van der Waals surface area contributed by atoms with Crippen LogP contribution in [0.1, 0.15) is 53.9 Å². The van der Waals surface area contributed by atoms with Crippen molar-refractivity contribution in [3.05, 3.63) is 23.3 Å². The number of carbonyl (C=O) groups excluding carboxylic acids is 2. The number of allylic oxidation sites excluding steroid dienone is 4. The Morgan fingerprint density at radius 2 is 1.50 bits per heavy atom. The lowest BCUT2D eigenvalue weighted by Crippen LogP contribution is -2.03. The summed E-state index contributed by atoms with van der Waals surface area (Å²) in [6.45, 7) is 9.81. The van der Waals surface area contributed by atoms with E-state index in [-0.39, 0.29) is 11.8 Å². The molecule has 18 heavy (non-hydrogen) atoms. The Labute approximate surface area is 111 Å². The first-order valence-electron chi connectivity index (χ1n) is 6.21. The minimum Gasteiger partial charge on any atom is -0.469 e. The number of Topliss-reactive ketones (excluding diaryl/α,β-unsaturated/α-hetero) is 1. The van der Waals surface area contributed by atoms with E-state index >= 15 is 0 Å². The van der Waals surface area contributed by atoms with E-state index in [4.69, 9.17) is 0 Å². The number of hydrogen-bond acceptors (Lipinski definition) is 3. The summed E-state index contributed by atoms with van der Waals surface area (Å²) in [5.41, 5.74) is 2.13. The van der Waals surface area contributed by atoms with Gasteiger partial charge in [0.15, 0.2) is 5.78 Å². The molecule has 0 saturated heterocycles. The normalized spacial score (nSPS) is 10.0. The van der Waals surface area contributed by atoms with E-state index in [1.807, 2.05) is 13.8 Å². The maximum atomic E-state index is 11.2. The summed E-state index contributed by atoms with van der Waals surface area (Å²) < 4.78 is 4.45. The monoisotopic (exact) mass is 254 g/mol. The fraction of sp³-hybridized carbons (Fsp3) is 0.600. The van der Waals surface area contributed by atoms with Gasteiger partial charge in [-0.2, -0.15) is 0 Å². The fourth-order valence-corrected chi connectivity index (χ4v) is 0.854. The lowest BCUT2D eigenvalue weighted by Gasteiger charge is -1.99. The van der Waals surface area contributed by atoms with Gasteiger partial charge in [0.25, 0.3) is 0 Å². The van der Waals surface area contributed by atoms with Crippen LogP contribution < -0.4 is 0 Å². The number of esters is 1. The topological polar surface area (TPSA) is 43.4 Å². The molecular weight excluding hydrogens is 228 g/mol. The van der Waals surface area contributed by atoms with Crippen LogP contribution in [0.15, 0.2) is 23.3 Å². The molecule has 0 aromatic heterocycles. The molecule has 0 saturated carbocycles. The summed E-state index contributed by atoms with van der Waals surface area (Å²) >= 11 is 0. The molecule has 3 heteroatoms. The van der Waals surface area contributed by atoms with E-state index in [9.17, 15) is 9.59 Å². The molecule has 0 unspecified atom stereocenters. The van der Waals surface area contributed by atoms with Gasteiger partial charge in [-0.1, -0.05) is 17.7 Å². The first-order valence-corrected chi connectivity index (χ1v) is 6.21. The molecule has 0 radical (unpaired) electrons. The van der Waals surface area contributed by atoms with Crippen LogP contribution in [0, 0.1) is 0 Å². The van der Waals surface area contributed by atoms with Crippen LogP contribution in [0.25, 0.3) is 0 Å². The second kappa shape index (κ2) is 12.1. The minimum absolute atomic E-state index is 0.103. The van der Waals surface area contributed by atoms with Crippen LogP contribution >= 0.6 is 0 Å². The predicted molar refractivity (Wildman–Crippen MR) is 75.4 cm³/mol. The molecular formula is C15H26O3. The third-order valence-electron chi connectivity index (χ3n) is 2.46. The third-order valence-corrected chi connectivity index (χ3v) is 2.46. The van der Waals surface area contributed by atoms with E-state index in [0.29, 0.717) is 19.3 Å². The van der Waals surface area contributed by atoms with Gasteiger partial charge >= 0.3 is 5.97 Å². The zero-order valence-electron chi connectivity index (χ0n) is 12.5. The predicted octanol–water partition coefficient (Wildman–Crippen LogP) is 3.84. The zero-order chi connectivity index (χ0) is 14.6. The number of methoxy groups -OCH3 is 1. The van der Waals surface area contributed by atoms with Gasteiger partial charge in [0, 0.05) is 12.8 Å². The van der Waals surface area contributed by atoms with Gasteiger partial charge in [-0.25, -0.2) is 0 Å². The summed E-state index contributed by atoms with van der Waals surface area (Å²) in [6.07, 6.45) is 5.17. The quantitative estimate of drug-likeness (QED) is 0.425. The van der Waals surface area contributed by atoms with Crippen LogP contribution in [0.5, 0.6) is 0 Å². The molecule has 0 aromatic rings. The second-order valence-electron chi connectivity index (χ2n) is 4.19. The maximum absolute atomic E-state index is 11.2. The summed E-state index contributed by atoms with van der Waals surface area (Å²) in [5.74, 6) is -0.155. The molecule has 0 rings (SSSR count). The SMILES string of the molecule is C/C=C(\C)C(=O)CCCC(=O)OC.CC=C(C)C. The fourth-order valence-electron chi connectivity index (χ4n) is 0.854. The third kappa shape index (κ3) is 12.7. The van der Waals surface area contributed by atoms with Gasteiger partial charge in [0.2, 0.25) is 0 Å². The van der Waals surface area contributed by atoms with Crippen molar-refractivity contribution < 1.29 is 14.3 Å². The van der Waals surface area contributed by atoms with E-state index in [1.54, 1.807) is 13.0 Å².